The zero-order valence-electron chi connectivity index (χ0n) is 17.9. The molecule has 0 atom stereocenters. The minimum atomic E-state index is -0.301. The summed E-state index contributed by atoms with van der Waals surface area (Å²) in [6, 6.07) is 6.43. The second-order valence-electron chi connectivity index (χ2n) is 8.38. The molecular weight excluding hydrogens is 405 g/mol. The summed E-state index contributed by atoms with van der Waals surface area (Å²) in [5, 5.41) is 0. The first-order valence-electron chi connectivity index (χ1n) is 11.1. The van der Waals surface area contributed by atoms with Crippen LogP contribution in [0.25, 0.3) is 5.52 Å². The third kappa shape index (κ3) is 4.23. The summed E-state index contributed by atoms with van der Waals surface area (Å²) in [5.41, 5.74) is 3.24. The Morgan fingerprint density at radius 3 is 2.91 bits per heavy atom. The Hall–Kier alpha value is -3.25. The Bertz CT molecular complexity index is 1280. The second kappa shape index (κ2) is 9.09. The minimum Gasteiger partial charge on any atom is -0.381 e. The van der Waals surface area contributed by atoms with Gasteiger partial charge in [0.1, 0.15) is 17.2 Å². The highest BCUT2D eigenvalue weighted by Gasteiger charge is 2.22. The molecular formula is C26H26FN3O2. The van der Waals surface area contributed by atoms with Crippen LogP contribution in [0.1, 0.15) is 42.3 Å². The van der Waals surface area contributed by atoms with Crippen LogP contribution in [0.2, 0.25) is 0 Å². The van der Waals surface area contributed by atoms with E-state index in [0.29, 0.717) is 31.7 Å². The first kappa shape index (κ1) is 20.6. The average molecular weight is 432 g/mol. The molecule has 5 nitrogen and oxygen atoms in total. The lowest BCUT2D eigenvalue weighted by Gasteiger charge is -2.22. The van der Waals surface area contributed by atoms with E-state index in [1.165, 1.54) is 12.1 Å². The van der Waals surface area contributed by atoms with Crippen molar-refractivity contribution in [1.29, 1.82) is 0 Å². The predicted octanol–water partition coefficient (Wildman–Crippen LogP) is 4.56. The molecule has 0 amide bonds. The molecule has 0 bridgehead atoms. The highest BCUT2D eigenvalue weighted by Crippen LogP contribution is 2.26. The van der Waals surface area contributed by atoms with Crippen LogP contribution in [0.5, 0.6) is 0 Å². The number of benzene rings is 1. The van der Waals surface area contributed by atoms with Crippen LogP contribution in [0.3, 0.4) is 0 Å². The van der Waals surface area contributed by atoms with Crippen molar-refractivity contribution in [2.75, 3.05) is 13.2 Å². The smallest absolute Gasteiger partial charge is 0.277 e. The van der Waals surface area contributed by atoms with E-state index in [1.807, 2.05) is 28.8 Å². The highest BCUT2D eigenvalue weighted by molar-refractivity contribution is 5.46. The van der Waals surface area contributed by atoms with E-state index in [-0.39, 0.29) is 17.3 Å². The Labute approximate surface area is 186 Å². The van der Waals surface area contributed by atoms with Gasteiger partial charge in [-0.15, -0.1) is 0 Å². The number of allylic oxidation sites excluding steroid dienone is 6. The van der Waals surface area contributed by atoms with Gasteiger partial charge in [0.2, 0.25) is 0 Å². The van der Waals surface area contributed by atoms with Gasteiger partial charge in [0.05, 0.1) is 12.7 Å². The molecule has 3 heterocycles. The van der Waals surface area contributed by atoms with Gasteiger partial charge >= 0.3 is 0 Å². The number of ether oxygens (including phenoxy) is 1. The number of halogens is 1. The minimum absolute atomic E-state index is 0.103. The van der Waals surface area contributed by atoms with Crippen molar-refractivity contribution in [2.45, 2.75) is 38.1 Å². The molecule has 1 aliphatic heterocycles. The van der Waals surface area contributed by atoms with Crippen LogP contribution in [-0.2, 0) is 17.7 Å². The summed E-state index contributed by atoms with van der Waals surface area (Å²) in [6.45, 7) is 1.75. The van der Waals surface area contributed by atoms with Gasteiger partial charge in [-0.2, -0.15) is 0 Å². The van der Waals surface area contributed by atoms with Gasteiger partial charge < -0.3 is 9.30 Å². The number of hydrogen-bond donors (Lipinski definition) is 0. The van der Waals surface area contributed by atoms with Crippen LogP contribution >= 0.6 is 0 Å². The summed E-state index contributed by atoms with van der Waals surface area (Å²) in [7, 11) is 0. The predicted molar refractivity (Wildman–Crippen MR) is 122 cm³/mol. The Balaban J connectivity index is 1.61. The molecule has 0 N–H and O–H groups in total. The summed E-state index contributed by atoms with van der Waals surface area (Å²) >= 11 is 0. The number of fused-ring (bicyclic) bond motifs is 1. The highest BCUT2D eigenvalue weighted by atomic mass is 19.1. The molecule has 0 radical (unpaired) electrons. The van der Waals surface area contributed by atoms with E-state index in [2.05, 4.69) is 23.2 Å². The van der Waals surface area contributed by atoms with Gasteiger partial charge in [-0.1, -0.05) is 42.5 Å². The molecule has 2 aliphatic rings. The molecule has 1 aromatic carbocycles. The van der Waals surface area contributed by atoms with Gasteiger partial charge in [-0.25, -0.2) is 9.37 Å². The van der Waals surface area contributed by atoms with Crippen LogP contribution < -0.4 is 5.56 Å². The van der Waals surface area contributed by atoms with Crippen molar-refractivity contribution in [3.8, 4) is 0 Å². The third-order valence-corrected chi connectivity index (χ3v) is 6.19. The fourth-order valence-corrected chi connectivity index (χ4v) is 4.51. The Morgan fingerprint density at radius 2 is 2.06 bits per heavy atom. The number of imidazole rings is 1. The number of aromatic nitrogens is 3. The van der Waals surface area contributed by atoms with Gasteiger partial charge in [0, 0.05) is 37.4 Å². The van der Waals surface area contributed by atoms with Crippen molar-refractivity contribution < 1.29 is 9.13 Å². The van der Waals surface area contributed by atoms with Crippen molar-refractivity contribution in [3.05, 3.63) is 106 Å². The zero-order chi connectivity index (χ0) is 21.9. The maximum atomic E-state index is 13.8. The zero-order valence-corrected chi connectivity index (χ0v) is 17.9. The number of nitrogens with zero attached hydrogens (tertiary/aromatic N) is 3. The first-order chi connectivity index (χ1) is 15.7. The first-order valence-corrected chi connectivity index (χ1v) is 11.1. The molecule has 164 valence electrons. The van der Waals surface area contributed by atoms with Gasteiger partial charge in [0.15, 0.2) is 0 Å². The van der Waals surface area contributed by atoms with E-state index in [0.717, 1.165) is 41.9 Å². The molecule has 6 heteroatoms. The standard InChI is InChI=1S/C26H26FN3O2/c27-22-9-5-8-20(14-22)17-29-23(15-19-6-3-1-2-4-7-19)18-30-24(26(29)31)16-28-25(30)21-10-12-32-13-11-21/h1-3,5-9,14,16,18,21H,4,10-13,15,17H2. The lowest BCUT2D eigenvalue weighted by molar-refractivity contribution is 0.0835. The molecule has 32 heavy (non-hydrogen) atoms. The Morgan fingerprint density at radius 1 is 1.19 bits per heavy atom. The fourth-order valence-electron chi connectivity index (χ4n) is 4.51. The molecule has 5 rings (SSSR count). The van der Waals surface area contributed by atoms with Crippen LogP contribution in [0.4, 0.5) is 4.39 Å². The van der Waals surface area contributed by atoms with Crippen molar-refractivity contribution >= 4 is 5.52 Å². The van der Waals surface area contributed by atoms with Crippen LogP contribution in [0, 0.1) is 5.82 Å². The monoisotopic (exact) mass is 431 g/mol. The van der Waals surface area contributed by atoms with Gasteiger partial charge in [-0.3, -0.25) is 9.20 Å². The van der Waals surface area contributed by atoms with Crippen LogP contribution in [0.15, 0.2) is 77.4 Å². The molecule has 0 unspecified atom stereocenters. The molecule has 1 aliphatic carbocycles. The number of hydrogen-bond acceptors (Lipinski definition) is 3. The fraction of sp³-hybridized carbons (Fsp3) is 0.308. The molecule has 3 aromatic rings. The maximum Gasteiger partial charge on any atom is 0.277 e. The van der Waals surface area contributed by atoms with Crippen molar-refractivity contribution in [2.24, 2.45) is 0 Å². The van der Waals surface area contributed by atoms with E-state index in [4.69, 9.17) is 4.74 Å². The summed E-state index contributed by atoms with van der Waals surface area (Å²) in [4.78, 5) is 18.2. The maximum absolute atomic E-state index is 13.8. The van der Waals surface area contributed by atoms with E-state index in [9.17, 15) is 9.18 Å². The van der Waals surface area contributed by atoms with Crippen molar-refractivity contribution in [3.63, 3.8) is 0 Å². The summed E-state index contributed by atoms with van der Waals surface area (Å²) < 4.78 is 23.0. The summed E-state index contributed by atoms with van der Waals surface area (Å²) in [5.74, 6) is 0.898. The molecule has 1 fully saturated rings. The number of rotatable bonds is 5. The molecule has 2 aromatic heterocycles. The van der Waals surface area contributed by atoms with Gasteiger partial charge in [-0.05, 0) is 42.5 Å². The van der Waals surface area contributed by atoms with E-state index >= 15 is 0 Å². The van der Waals surface area contributed by atoms with E-state index in [1.54, 1.807) is 16.8 Å². The van der Waals surface area contributed by atoms with Gasteiger partial charge in [0.25, 0.3) is 5.56 Å². The normalized spacial score (nSPS) is 17.0. The quantitative estimate of drug-likeness (QED) is 0.595. The largest absolute Gasteiger partial charge is 0.381 e. The second-order valence-corrected chi connectivity index (χ2v) is 8.38. The third-order valence-electron chi connectivity index (χ3n) is 6.19. The lowest BCUT2D eigenvalue weighted by atomic mass is 9.99. The Kier molecular flexibility index (Phi) is 5.86. The lowest BCUT2D eigenvalue weighted by Crippen LogP contribution is -2.27. The molecule has 0 spiro atoms. The average Bonchev–Trinajstić information content (AvgIpc) is 3.06. The molecule has 0 saturated carbocycles. The van der Waals surface area contributed by atoms with E-state index < -0.39 is 0 Å². The molecule has 1 saturated heterocycles. The topological polar surface area (TPSA) is 48.5 Å². The SMILES string of the molecule is O=c1c2cnc(C3CCOCC3)n2cc(CC2=CCC=CC=C2)n1Cc1cccc(F)c1. The summed E-state index contributed by atoms with van der Waals surface area (Å²) in [6.07, 6.45) is 17.4. The van der Waals surface area contributed by atoms with Crippen LogP contribution in [-0.4, -0.2) is 27.2 Å². The van der Waals surface area contributed by atoms with Crippen molar-refractivity contribution in [1.82, 2.24) is 14.0 Å².